The van der Waals surface area contributed by atoms with Crippen molar-refractivity contribution in [3.8, 4) is 0 Å². The highest BCUT2D eigenvalue weighted by molar-refractivity contribution is 7.99. The minimum absolute atomic E-state index is 0.233. The van der Waals surface area contributed by atoms with Gasteiger partial charge in [0.05, 0.1) is 17.1 Å². The van der Waals surface area contributed by atoms with E-state index in [4.69, 9.17) is 0 Å². The van der Waals surface area contributed by atoms with E-state index < -0.39 is 0 Å². The second-order valence-corrected chi connectivity index (χ2v) is 10.9. The molecule has 0 spiro atoms. The summed E-state index contributed by atoms with van der Waals surface area (Å²) in [4.78, 5) is 8.40. The molecule has 1 rings (SSSR count). The van der Waals surface area contributed by atoms with Gasteiger partial charge in [-0.1, -0.05) is 124 Å². The van der Waals surface area contributed by atoms with Crippen LogP contribution < -0.4 is 5.32 Å². The normalized spacial score (nSPS) is 9.77. The third-order valence-corrected chi connectivity index (χ3v) is 6.20. The van der Waals surface area contributed by atoms with Crippen molar-refractivity contribution in [2.75, 3.05) is 7.05 Å². The van der Waals surface area contributed by atoms with Gasteiger partial charge >= 0.3 is 0 Å². The molecule has 0 aliphatic rings. The molecule has 3 nitrogen and oxygen atoms in total. The topological polar surface area (TPSA) is 37.3 Å². The van der Waals surface area contributed by atoms with Crippen molar-refractivity contribution in [2.24, 2.45) is 10.9 Å². The number of nitrogens with one attached hydrogen (secondary N) is 1. The van der Waals surface area contributed by atoms with E-state index in [1.165, 1.54) is 86.4 Å². The SMILES string of the molecule is C=C(/C=C(\C)NCc1cccnc1)C(CCC)CCC.C=C(C)CCCCC.CC.CC.CCC.CN=CC(SF)=C(C)C. The maximum Gasteiger partial charge on any atom is 0.0827 e. The number of unbranched alkanes of at least 4 members (excludes halogenated alkanes) is 2. The molecule has 0 aliphatic carbocycles. The third kappa shape index (κ3) is 39.9. The van der Waals surface area contributed by atoms with Crippen molar-refractivity contribution in [3.63, 3.8) is 0 Å². The minimum atomic E-state index is 0.233. The second-order valence-electron chi connectivity index (χ2n) is 10.3. The van der Waals surface area contributed by atoms with Gasteiger partial charge in [0, 0.05) is 37.9 Å². The number of allylic oxidation sites excluding steroid dienone is 6. The van der Waals surface area contributed by atoms with Crippen molar-refractivity contribution in [1.29, 1.82) is 0 Å². The van der Waals surface area contributed by atoms with Gasteiger partial charge in [0.15, 0.2) is 0 Å². The van der Waals surface area contributed by atoms with E-state index >= 15 is 0 Å². The van der Waals surface area contributed by atoms with Crippen molar-refractivity contribution in [2.45, 2.75) is 154 Å². The smallest absolute Gasteiger partial charge is 0.0827 e. The Balaban J connectivity index is -0.000000176. The first kappa shape index (κ1) is 51.4. The molecule has 0 bridgehead atoms. The van der Waals surface area contributed by atoms with E-state index in [0.29, 0.717) is 10.8 Å². The summed E-state index contributed by atoms with van der Waals surface area (Å²) in [6.45, 7) is 35.8. The summed E-state index contributed by atoms with van der Waals surface area (Å²) >= 11 is 0.233. The van der Waals surface area contributed by atoms with Gasteiger partial charge in [0.1, 0.15) is 0 Å². The molecule has 0 radical (unpaired) electrons. The Morgan fingerprint density at radius 3 is 1.84 bits per heavy atom. The number of aromatic nitrogens is 1. The van der Waals surface area contributed by atoms with Crippen LogP contribution in [0, 0.1) is 5.92 Å². The van der Waals surface area contributed by atoms with Gasteiger partial charge in [-0.2, -0.15) is 3.89 Å². The first-order chi connectivity index (χ1) is 21.1. The van der Waals surface area contributed by atoms with E-state index in [0.717, 1.165) is 12.1 Å². The molecule has 1 aromatic heterocycles. The van der Waals surface area contributed by atoms with Crippen molar-refractivity contribution in [1.82, 2.24) is 10.3 Å². The Morgan fingerprint density at radius 2 is 1.50 bits per heavy atom. The average molecular weight is 636 g/mol. The summed E-state index contributed by atoms with van der Waals surface area (Å²) in [5.41, 5.74) is 5.90. The molecule has 44 heavy (non-hydrogen) atoms. The summed E-state index contributed by atoms with van der Waals surface area (Å²) in [6, 6.07) is 4.05. The van der Waals surface area contributed by atoms with Crippen LogP contribution in [0.4, 0.5) is 3.89 Å². The Labute approximate surface area is 280 Å². The van der Waals surface area contributed by atoms with Crippen LogP contribution in [0.1, 0.15) is 153 Å². The van der Waals surface area contributed by atoms with Gasteiger partial charge in [-0.05, 0) is 77.0 Å². The van der Waals surface area contributed by atoms with Crippen LogP contribution >= 0.6 is 12.1 Å². The number of halogens is 1. The molecule has 1 N–H and O–H groups in total. The molecule has 0 aliphatic heterocycles. The number of aliphatic imine (C=N–C) groups is 1. The molecule has 0 saturated carbocycles. The second kappa shape index (κ2) is 43.0. The Morgan fingerprint density at radius 1 is 0.955 bits per heavy atom. The fraction of sp³-hybridized carbons (Fsp3) is 0.641. The lowest BCUT2D eigenvalue weighted by Gasteiger charge is -2.17. The van der Waals surface area contributed by atoms with Crippen molar-refractivity contribution in [3.05, 3.63) is 76.6 Å². The number of hydrogen-bond donors (Lipinski definition) is 1. The Kier molecular flexibility index (Phi) is 50.3. The number of rotatable bonds is 15. The van der Waals surface area contributed by atoms with Crippen molar-refractivity contribution >= 4 is 18.4 Å². The molecule has 0 amide bonds. The van der Waals surface area contributed by atoms with Crippen LogP contribution in [0.15, 0.2) is 76.1 Å². The van der Waals surface area contributed by atoms with Gasteiger partial charge in [-0.3, -0.25) is 9.98 Å². The predicted molar refractivity (Wildman–Crippen MR) is 206 cm³/mol. The molecular weight excluding hydrogens is 562 g/mol. The highest BCUT2D eigenvalue weighted by atomic mass is 32.2. The number of nitrogens with zero attached hydrogens (tertiary/aromatic N) is 2. The monoisotopic (exact) mass is 636 g/mol. The highest BCUT2D eigenvalue weighted by Crippen LogP contribution is 2.23. The lowest BCUT2D eigenvalue weighted by molar-refractivity contribution is 0.513. The van der Waals surface area contributed by atoms with Crippen LogP contribution in [-0.4, -0.2) is 18.2 Å². The largest absolute Gasteiger partial charge is 0.384 e. The number of pyridine rings is 1. The molecule has 1 heterocycles. The molecule has 258 valence electrons. The molecule has 0 fully saturated rings. The Hall–Kier alpha value is -2.14. The molecule has 0 unspecified atom stereocenters. The van der Waals surface area contributed by atoms with Gasteiger partial charge in [0.2, 0.25) is 0 Å². The zero-order valence-electron chi connectivity index (χ0n) is 31.7. The molecule has 5 heteroatoms. The van der Waals surface area contributed by atoms with Gasteiger partial charge in [0.25, 0.3) is 0 Å². The molecule has 1 aromatic rings. The van der Waals surface area contributed by atoms with E-state index in [9.17, 15) is 3.89 Å². The van der Waals surface area contributed by atoms with Gasteiger partial charge < -0.3 is 5.32 Å². The first-order valence-corrected chi connectivity index (χ1v) is 17.8. The van der Waals surface area contributed by atoms with E-state index in [1.54, 1.807) is 13.2 Å². The zero-order chi connectivity index (χ0) is 35.2. The van der Waals surface area contributed by atoms with Crippen LogP contribution in [0.3, 0.4) is 0 Å². The lowest BCUT2D eigenvalue weighted by atomic mass is 9.90. The van der Waals surface area contributed by atoms with E-state index in [1.807, 2.05) is 53.8 Å². The lowest BCUT2D eigenvalue weighted by Crippen LogP contribution is -2.12. The van der Waals surface area contributed by atoms with Gasteiger partial charge in [-0.25, -0.2) is 0 Å². The number of hydrogen-bond acceptors (Lipinski definition) is 4. The maximum absolute atomic E-state index is 11.9. The maximum atomic E-state index is 11.9. The third-order valence-electron chi connectivity index (χ3n) is 5.52. The summed E-state index contributed by atoms with van der Waals surface area (Å²) in [5, 5.41) is 3.43. The van der Waals surface area contributed by atoms with Crippen LogP contribution in [0.5, 0.6) is 0 Å². The highest BCUT2D eigenvalue weighted by Gasteiger charge is 2.09. The molecule has 0 atom stereocenters. The summed E-state index contributed by atoms with van der Waals surface area (Å²) in [7, 11) is 1.62. The zero-order valence-corrected chi connectivity index (χ0v) is 32.5. The van der Waals surface area contributed by atoms with Crippen LogP contribution in [0.25, 0.3) is 0 Å². The van der Waals surface area contributed by atoms with Gasteiger partial charge in [-0.15, -0.1) is 6.58 Å². The average Bonchev–Trinajstić information content (AvgIpc) is 3.02. The first-order valence-electron chi connectivity index (χ1n) is 17.1. The standard InChI is InChI=1S/C18H28N2.C8H16.C6H10FNS.C3H8.2C2H6/c1-5-8-18(9-6-2)15(3)12-16(4)20-14-17-10-7-11-19-13-17;1-4-5-6-7-8(2)3;1-5(2)6(9-7)4-8-3;1-3-2;2*1-2/h7,10-13,18,20H,3,5-6,8-9,14H2,1-2,4H3;2,4-7H2,1,3H3;4H,1-3H3;3H2,1-2H3;2*1-2H3/b16-12+;;;;;. The molecule has 0 aromatic carbocycles. The van der Waals surface area contributed by atoms with E-state index in [2.05, 4.69) is 89.1 Å². The van der Waals surface area contributed by atoms with Crippen LogP contribution in [0.2, 0.25) is 0 Å². The summed E-state index contributed by atoms with van der Waals surface area (Å²) in [6.07, 6.45) is 18.8. The predicted octanol–water partition coefficient (Wildman–Crippen LogP) is 14.1. The molecular formula is C39H74FN3S. The molecule has 0 saturated heterocycles. The van der Waals surface area contributed by atoms with E-state index in [-0.39, 0.29) is 12.1 Å². The van der Waals surface area contributed by atoms with Crippen LogP contribution in [-0.2, 0) is 6.54 Å². The summed E-state index contributed by atoms with van der Waals surface area (Å²) in [5.74, 6) is 0.625. The quantitative estimate of drug-likeness (QED) is 0.0901. The summed E-state index contributed by atoms with van der Waals surface area (Å²) < 4.78 is 11.9. The minimum Gasteiger partial charge on any atom is -0.384 e. The Bertz CT molecular complexity index is 819. The fourth-order valence-corrected chi connectivity index (χ4v) is 3.72. The fourth-order valence-electron chi connectivity index (χ4n) is 3.42. The van der Waals surface area contributed by atoms with Crippen molar-refractivity contribution < 1.29 is 3.89 Å².